The molecule has 1 aromatic rings. The minimum Gasteiger partial charge on any atom is -0.314 e. The summed E-state index contributed by atoms with van der Waals surface area (Å²) in [6, 6.07) is 9.73. The Hall–Kier alpha value is -0.820. The summed E-state index contributed by atoms with van der Waals surface area (Å²) >= 11 is 0. The molecule has 0 aliphatic heterocycles. The average molecular weight is 203 g/mol. The predicted octanol–water partition coefficient (Wildman–Crippen LogP) is 3.07. The van der Waals surface area contributed by atoms with E-state index in [0.29, 0.717) is 0 Å². The van der Waals surface area contributed by atoms with E-state index in [9.17, 15) is 0 Å². The third kappa shape index (κ3) is 4.05. The number of unbranched alkanes of at least 4 members (excludes halogenated alkanes) is 1. The molecule has 0 spiro atoms. The molecule has 0 bridgehead atoms. The zero-order valence-electron chi connectivity index (χ0n) is 9.63. The number of hydrogen-bond acceptors (Lipinski definition) is 1. The maximum atomic E-state index is 3.55. The van der Waals surface area contributed by atoms with E-state index in [1.807, 2.05) is 0 Å². The molecule has 15 heavy (non-hydrogen) atoms. The molecule has 0 unspecified atom stereocenters. The number of nitrogens with one attached hydrogen (secondary N) is 1. The lowest BCUT2D eigenvalue weighted by Gasteiger charge is -2.04. The second-order valence-electron chi connectivity index (χ2n) is 4.67. The molecule has 1 aliphatic carbocycles. The van der Waals surface area contributed by atoms with Gasteiger partial charge in [0.15, 0.2) is 0 Å². The van der Waals surface area contributed by atoms with Crippen LogP contribution in [0.4, 0.5) is 0 Å². The number of rotatable bonds is 6. The first-order valence-electron chi connectivity index (χ1n) is 6.13. The molecule has 0 amide bonds. The van der Waals surface area contributed by atoms with Crippen molar-refractivity contribution in [3.63, 3.8) is 0 Å². The first-order valence-corrected chi connectivity index (χ1v) is 6.13. The highest BCUT2D eigenvalue weighted by Crippen LogP contribution is 2.18. The Morgan fingerprint density at radius 3 is 2.87 bits per heavy atom. The van der Waals surface area contributed by atoms with Crippen LogP contribution in [0.1, 0.15) is 36.8 Å². The Kier molecular flexibility index (Phi) is 3.79. The van der Waals surface area contributed by atoms with E-state index in [2.05, 4.69) is 36.5 Å². The van der Waals surface area contributed by atoms with Crippen molar-refractivity contribution in [2.45, 2.75) is 45.1 Å². The number of aryl methyl sites for hydroxylation is 2. The minimum absolute atomic E-state index is 0.865. The smallest absolute Gasteiger partial charge is 0.00682 e. The predicted molar refractivity (Wildman–Crippen MR) is 65.1 cm³/mol. The molecule has 1 nitrogen and oxygen atoms in total. The molecule has 1 saturated carbocycles. The monoisotopic (exact) mass is 203 g/mol. The average Bonchev–Trinajstić information content (AvgIpc) is 3.01. The van der Waals surface area contributed by atoms with Crippen LogP contribution in [0.15, 0.2) is 24.3 Å². The van der Waals surface area contributed by atoms with Crippen molar-refractivity contribution in [2.24, 2.45) is 0 Å². The molecule has 0 saturated heterocycles. The van der Waals surface area contributed by atoms with Gasteiger partial charge in [0.05, 0.1) is 0 Å². The summed E-state index contributed by atoms with van der Waals surface area (Å²) in [5, 5.41) is 3.55. The van der Waals surface area contributed by atoms with Gasteiger partial charge in [0.25, 0.3) is 0 Å². The van der Waals surface area contributed by atoms with E-state index in [1.165, 1.54) is 49.8 Å². The van der Waals surface area contributed by atoms with Crippen molar-refractivity contribution >= 4 is 0 Å². The molecule has 0 atom stereocenters. The zero-order chi connectivity index (χ0) is 10.5. The fourth-order valence-corrected chi connectivity index (χ4v) is 1.92. The van der Waals surface area contributed by atoms with Crippen molar-refractivity contribution in [1.82, 2.24) is 5.32 Å². The molecule has 82 valence electrons. The zero-order valence-corrected chi connectivity index (χ0v) is 9.63. The van der Waals surface area contributed by atoms with Gasteiger partial charge in [-0.25, -0.2) is 0 Å². The van der Waals surface area contributed by atoms with Crippen molar-refractivity contribution in [3.05, 3.63) is 35.4 Å². The van der Waals surface area contributed by atoms with Gasteiger partial charge in [-0.05, 0) is 51.1 Å². The Labute approximate surface area is 92.9 Å². The highest BCUT2D eigenvalue weighted by atomic mass is 14.9. The third-order valence-electron chi connectivity index (χ3n) is 2.99. The summed E-state index contributed by atoms with van der Waals surface area (Å²) in [6.07, 6.45) is 6.65. The summed E-state index contributed by atoms with van der Waals surface area (Å²) in [6.45, 7) is 3.37. The normalized spacial score (nSPS) is 15.5. The lowest BCUT2D eigenvalue weighted by Crippen LogP contribution is -2.17. The van der Waals surface area contributed by atoms with Gasteiger partial charge >= 0.3 is 0 Å². The lowest BCUT2D eigenvalue weighted by atomic mass is 10.1. The second-order valence-corrected chi connectivity index (χ2v) is 4.67. The fraction of sp³-hybridized carbons (Fsp3) is 0.571. The molecule has 0 aromatic heterocycles. The van der Waals surface area contributed by atoms with Crippen LogP contribution in [0.3, 0.4) is 0 Å². The Bertz CT molecular complexity index is 302. The van der Waals surface area contributed by atoms with Crippen LogP contribution >= 0.6 is 0 Å². The van der Waals surface area contributed by atoms with Crippen molar-refractivity contribution in [3.8, 4) is 0 Å². The van der Waals surface area contributed by atoms with Gasteiger partial charge in [-0.2, -0.15) is 0 Å². The number of hydrogen-bond donors (Lipinski definition) is 1. The second kappa shape index (κ2) is 5.32. The molecule has 1 fully saturated rings. The highest BCUT2D eigenvalue weighted by Gasteiger charge is 2.19. The van der Waals surface area contributed by atoms with Crippen LogP contribution < -0.4 is 5.32 Å². The minimum atomic E-state index is 0.865. The van der Waals surface area contributed by atoms with E-state index in [1.54, 1.807) is 0 Å². The van der Waals surface area contributed by atoms with E-state index >= 15 is 0 Å². The first kappa shape index (κ1) is 10.7. The van der Waals surface area contributed by atoms with Crippen molar-refractivity contribution in [1.29, 1.82) is 0 Å². The first-order chi connectivity index (χ1) is 7.34. The molecule has 1 heteroatoms. The van der Waals surface area contributed by atoms with Crippen LogP contribution in [-0.2, 0) is 6.42 Å². The van der Waals surface area contributed by atoms with E-state index in [0.717, 1.165) is 6.04 Å². The van der Waals surface area contributed by atoms with Crippen LogP contribution in [0.25, 0.3) is 0 Å². The summed E-state index contributed by atoms with van der Waals surface area (Å²) in [5.74, 6) is 0. The molecule has 2 rings (SSSR count). The van der Waals surface area contributed by atoms with Crippen molar-refractivity contribution < 1.29 is 0 Å². The van der Waals surface area contributed by atoms with Crippen LogP contribution in [0.2, 0.25) is 0 Å². The standard InChI is InChI=1S/C14H21N/c1-12-5-4-7-13(11-12)6-2-3-10-15-14-8-9-14/h4-5,7,11,14-15H,2-3,6,8-10H2,1H3. The maximum absolute atomic E-state index is 3.55. The fourth-order valence-electron chi connectivity index (χ4n) is 1.92. The summed E-state index contributed by atoms with van der Waals surface area (Å²) in [5.41, 5.74) is 2.87. The number of benzene rings is 1. The van der Waals surface area contributed by atoms with E-state index < -0.39 is 0 Å². The van der Waals surface area contributed by atoms with E-state index in [4.69, 9.17) is 0 Å². The van der Waals surface area contributed by atoms with Gasteiger partial charge in [-0.15, -0.1) is 0 Å². The van der Waals surface area contributed by atoms with Crippen LogP contribution in [0.5, 0.6) is 0 Å². The van der Waals surface area contributed by atoms with Gasteiger partial charge in [0.1, 0.15) is 0 Å². The summed E-state index contributed by atoms with van der Waals surface area (Å²) < 4.78 is 0. The molecule has 1 aromatic carbocycles. The van der Waals surface area contributed by atoms with Crippen LogP contribution in [-0.4, -0.2) is 12.6 Å². The van der Waals surface area contributed by atoms with E-state index in [-0.39, 0.29) is 0 Å². The SMILES string of the molecule is Cc1cccc(CCCCNC2CC2)c1. The summed E-state index contributed by atoms with van der Waals surface area (Å²) in [4.78, 5) is 0. The van der Waals surface area contributed by atoms with Crippen LogP contribution in [0, 0.1) is 6.92 Å². The van der Waals surface area contributed by atoms with Crippen molar-refractivity contribution in [2.75, 3.05) is 6.54 Å². The lowest BCUT2D eigenvalue weighted by molar-refractivity contribution is 0.620. The van der Waals surface area contributed by atoms with Gasteiger partial charge in [0.2, 0.25) is 0 Å². The third-order valence-corrected chi connectivity index (χ3v) is 2.99. The Morgan fingerprint density at radius 1 is 1.27 bits per heavy atom. The van der Waals surface area contributed by atoms with Gasteiger partial charge in [0, 0.05) is 6.04 Å². The Balaban J connectivity index is 1.60. The van der Waals surface area contributed by atoms with Gasteiger partial charge in [-0.3, -0.25) is 0 Å². The quantitative estimate of drug-likeness (QED) is 0.701. The largest absolute Gasteiger partial charge is 0.314 e. The molecule has 0 heterocycles. The van der Waals surface area contributed by atoms with Gasteiger partial charge in [-0.1, -0.05) is 29.8 Å². The topological polar surface area (TPSA) is 12.0 Å². The molecule has 1 N–H and O–H groups in total. The molecular weight excluding hydrogens is 182 g/mol. The Morgan fingerprint density at radius 2 is 2.13 bits per heavy atom. The van der Waals surface area contributed by atoms with Gasteiger partial charge < -0.3 is 5.32 Å². The molecular formula is C14H21N. The molecule has 0 radical (unpaired) electrons. The molecule has 1 aliphatic rings. The maximum Gasteiger partial charge on any atom is 0.00682 e. The highest BCUT2D eigenvalue weighted by molar-refractivity contribution is 5.22. The summed E-state index contributed by atoms with van der Waals surface area (Å²) in [7, 11) is 0.